The molecule has 6 heteroatoms. The molecule has 0 aliphatic carbocycles. The fourth-order valence-corrected chi connectivity index (χ4v) is 3.07. The van der Waals surface area contributed by atoms with Gasteiger partial charge in [-0.3, -0.25) is 0 Å². The third-order valence-corrected chi connectivity index (χ3v) is 4.47. The van der Waals surface area contributed by atoms with Gasteiger partial charge in [-0.15, -0.1) is 0 Å². The van der Waals surface area contributed by atoms with Gasteiger partial charge in [0, 0.05) is 5.75 Å². The molecule has 18 heavy (non-hydrogen) atoms. The van der Waals surface area contributed by atoms with E-state index in [2.05, 4.69) is 6.92 Å². The van der Waals surface area contributed by atoms with Gasteiger partial charge in [-0.1, -0.05) is 13.3 Å². The van der Waals surface area contributed by atoms with E-state index in [9.17, 15) is 13.0 Å². The van der Waals surface area contributed by atoms with Gasteiger partial charge in [0.25, 0.3) is 0 Å². The second kappa shape index (κ2) is 7.43. The van der Waals surface area contributed by atoms with Crippen molar-refractivity contribution in [1.29, 1.82) is 0 Å². The smallest absolute Gasteiger partial charge is 0.102 e. The number of hydrogen-bond donors (Lipinski definition) is 0. The van der Waals surface area contributed by atoms with Crippen LogP contribution in [0.3, 0.4) is 0 Å². The van der Waals surface area contributed by atoms with Crippen molar-refractivity contribution in [1.82, 2.24) is 0 Å². The van der Waals surface area contributed by atoms with Crippen LogP contribution in [-0.4, -0.2) is 62.6 Å². The molecule has 1 rings (SSSR count). The largest absolute Gasteiger partial charge is 0.748 e. The zero-order chi connectivity index (χ0) is 13.5. The van der Waals surface area contributed by atoms with Crippen LogP contribution in [0.5, 0.6) is 0 Å². The Hall–Kier alpha value is -0.170. The van der Waals surface area contributed by atoms with Gasteiger partial charge in [0.2, 0.25) is 0 Å². The van der Waals surface area contributed by atoms with Crippen LogP contribution >= 0.6 is 0 Å². The average Bonchev–Trinajstić information content (AvgIpc) is 2.33. The normalized spacial score (nSPS) is 19.9. The summed E-state index contributed by atoms with van der Waals surface area (Å²) in [6.07, 6.45) is 3.67. The van der Waals surface area contributed by atoms with Crippen molar-refractivity contribution in [3.05, 3.63) is 0 Å². The fourth-order valence-electron chi connectivity index (χ4n) is 2.51. The van der Waals surface area contributed by atoms with Crippen LogP contribution in [-0.2, 0) is 14.9 Å². The van der Waals surface area contributed by atoms with Crippen LogP contribution < -0.4 is 0 Å². The summed E-state index contributed by atoms with van der Waals surface area (Å²) in [5, 5.41) is 0. The topological polar surface area (TPSA) is 66.4 Å². The van der Waals surface area contributed by atoms with E-state index >= 15 is 0 Å². The number of nitrogens with zero attached hydrogens (tertiary/aromatic N) is 1. The first-order chi connectivity index (χ1) is 8.47. The zero-order valence-electron chi connectivity index (χ0n) is 11.3. The predicted molar refractivity (Wildman–Crippen MR) is 69.3 cm³/mol. The van der Waals surface area contributed by atoms with Gasteiger partial charge in [0.1, 0.15) is 13.1 Å². The van der Waals surface area contributed by atoms with Crippen LogP contribution in [0.2, 0.25) is 0 Å². The van der Waals surface area contributed by atoms with E-state index in [0.29, 0.717) is 6.42 Å². The summed E-state index contributed by atoms with van der Waals surface area (Å²) in [5.41, 5.74) is 0. The molecule has 1 aliphatic heterocycles. The highest BCUT2D eigenvalue weighted by molar-refractivity contribution is 7.85. The molecule has 0 aromatic carbocycles. The van der Waals surface area contributed by atoms with Crippen molar-refractivity contribution in [2.45, 2.75) is 32.6 Å². The molecule has 0 atom stereocenters. The second-order valence-corrected chi connectivity index (χ2v) is 6.69. The molecule has 0 radical (unpaired) electrons. The Bertz CT molecular complexity index is 323. The van der Waals surface area contributed by atoms with E-state index < -0.39 is 10.1 Å². The summed E-state index contributed by atoms with van der Waals surface area (Å²) in [4.78, 5) is 0. The van der Waals surface area contributed by atoms with Crippen LogP contribution in [0.25, 0.3) is 0 Å². The van der Waals surface area contributed by atoms with Crippen molar-refractivity contribution in [2.75, 3.05) is 45.1 Å². The molecular formula is C12H25NO4S. The lowest BCUT2D eigenvalue weighted by molar-refractivity contribution is -0.935. The van der Waals surface area contributed by atoms with Gasteiger partial charge in [0.15, 0.2) is 0 Å². The third kappa shape index (κ3) is 6.13. The lowest BCUT2D eigenvalue weighted by Crippen LogP contribution is -2.56. The minimum absolute atomic E-state index is 0.225. The van der Waals surface area contributed by atoms with E-state index in [1.54, 1.807) is 0 Å². The molecular weight excluding hydrogens is 254 g/mol. The molecule has 0 amide bonds. The molecule has 0 unspecified atom stereocenters. The van der Waals surface area contributed by atoms with Gasteiger partial charge in [-0.2, -0.15) is 0 Å². The summed E-state index contributed by atoms with van der Waals surface area (Å²) in [7, 11) is -4.05. The molecule has 1 saturated heterocycles. The van der Waals surface area contributed by atoms with E-state index in [0.717, 1.165) is 50.3 Å². The molecule has 0 aromatic rings. The van der Waals surface area contributed by atoms with Crippen molar-refractivity contribution >= 4 is 10.1 Å². The van der Waals surface area contributed by atoms with E-state index in [-0.39, 0.29) is 5.75 Å². The van der Waals surface area contributed by atoms with Crippen LogP contribution in [0.1, 0.15) is 32.6 Å². The van der Waals surface area contributed by atoms with Crippen molar-refractivity contribution in [3.8, 4) is 0 Å². The Balaban J connectivity index is 2.36. The van der Waals surface area contributed by atoms with Crippen molar-refractivity contribution < 1.29 is 22.2 Å². The fraction of sp³-hybridized carbons (Fsp3) is 1.00. The Morgan fingerprint density at radius 3 is 2.28 bits per heavy atom. The van der Waals surface area contributed by atoms with Gasteiger partial charge in [-0.25, -0.2) is 8.42 Å². The van der Waals surface area contributed by atoms with Gasteiger partial charge < -0.3 is 13.8 Å². The number of morpholine rings is 1. The summed E-state index contributed by atoms with van der Waals surface area (Å²) in [5.74, 6) is -0.225. The lowest BCUT2D eigenvalue weighted by atomic mass is 10.2. The van der Waals surface area contributed by atoms with E-state index in [1.807, 2.05) is 0 Å². The molecule has 1 fully saturated rings. The number of quaternary nitrogens is 1. The van der Waals surface area contributed by atoms with Crippen LogP contribution in [0.4, 0.5) is 0 Å². The summed E-state index contributed by atoms with van der Waals surface area (Å²) in [6.45, 7) is 7.92. The molecule has 108 valence electrons. The molecule has 0 aromatic heterocycles. The van der Waals surface area contributed by atoms with Gasteiger partial charge in [-0.05, 0) is 19.3 Å². The molecule has 0 saturated carbocycles. The second-order valence-electron chi connectivity index (χ2n) is 5.17. The van der Waals surface area contributed by atoms with Crippen molar-refractivity contribution in [3.63, 3.8) is 0 Å². The predicted octanol–water partition coefficient (Wildman–Crippen LogP) is 0.959. The maximum atomic E-state index is 10.6. The van der Waals surface area contributed by atoms with E-state index in [1.165, 1.54) is 12.8 Å². The molecule has 5 nitrogen and oxygen atoms in total. The third-order valence-electron chi connectivity index (χ3n) is 3.68. The van der Waals surface area contributed by atoms with E-state index in [4.69, 9.17) is 4.74 Å². The highest BCUT2D eigenvalue weighted by Crippen LogP contribution is 2.15. The lowest BCUT2D eigenvalue weighted by Gasteiger charge is -2.41. The average molecular weight is 279 g/mol. The van der Waals surface area contributed by atoms with Gasteiger partial charge >= 0.3 is 0 Å². The first-order valence-corrected chi connectivity index (χ1v) is 8.42. The Morgan fingerprint density at radius 1 is 1.11 bits per heavy atom. The summed E-state index contributed by atoms with van der Waals surface area (Å²) >= 11 is 0. The first kappa shape index (κ1) is 15.9. The molecule has 0 spiro atoms. The minimum Gasteiger partial charge on any atom is -0.748 e. The number of ether oxygens (including phenoxy) is 1. The summed E-state index contributed by atoms with van der Waals surface area (Å²) in [6, 6.07) is 0. The number of hydrogen-bond acceptors (Lipinski definition) is 4. The zero-order valence-corrected chi connectivity index (χ0v) is 12.1. The van der Waals surface area contributed by atoms with Crippen molar-refractivity contribution in [2.24, 2.45) is 0 Å². The quantitative estimate of drug-likeness (QED) is 0.377. The number of unbranched alkanes of at least 4 members (excludes halogenated alkanes) is 2. The van der Waals surface area contributed by atoms with Crippen LogP contribution in [0.15, 0.2) is 0 Å². The monoisotopic (exact) mass is 279 g/mol. The Morgan fingerprint density at radius 2 is 1.72 bits per heavy atom. The SMILES string of the molecule is CCCC[N+]1(CCCCS(=O)(=O)[O-])CCOCC1. The van der Waals surface area contributed by atoms with Crippen LogP contribution in [0, 0.1) is 0 Å². The first-order valence-electron chi connectivity index (χ1n) is 6.84. The molecule has 0 bridgehead atoms. The Labute approximate surface area is 110 Å². The maximum Gasteiger partial charge on any atom is 0.102 e. The number of rotatable bonds is 8. The highest BCUT2D eigenvalue weighted by Gasteiger charge is 2.28. The minimum atomic E-state index is -4.05. The molecule has 0 N–H and O–H groups in total. The summed E-state index contributed by atoms with van der Waals surface area (Å²) < 4.78 is 38.1. The molecule has 1 heterocycles. The highest BCUT2D eigenvalue weighted by atomic mass is 32.2. The maximum absolute atomic E-state index is 10.6. The van der Waals surface area contributed by atoms with Gasteiger partial charge in [0.05, 0.1) is 36.4 Å². The standard InChI is InChI=1S/C12H25NO4S/c1-2-3-6-13(8-10-17-11-9-13)7-4-5-12-18(14,15)16/h2-12H2,1H3. The Kier molecular flexibility index (Phi) is 6.55. The molecule has 1 aliphatic rings.